The molecule has 2 heterocycles. The summed E-state index contributed by atoms with van der Waals surface area (Å²) >= 11 is 0. The molecule has 6 rings (SSSR count). The van der Waals surface area contributed by atoms with Gasteiger partial charge in [-0.25, -0.2) is 26.3 Å². The first-order chi connectivity index (χ1) is 38.1. The zero-order chi connectivity index (χ0) is 58.0. The number of nitrogens with one attached hydrogen (secondary N) is 9. The van der Waals surface area contributed by atoms with Crippen molar-refractivity contribution in [3.05, 3.63) is 130 Å². The SMILES string of the molecule is Cc1cc(C)c(S(=O)(=O)NC(N)=NCCC[C@@H](NC(=O)Cc2c[nH]c3ccccc23)C(=O)NCCCCNCCCNC(=O)[C@@H](CCCN=C(N)NS(=O)(=O)c2c(C)cc(C)cc2C)NC(=O)Cc2c[nH]c3ccccc23)c(C)c1. The maximum absolute atomic E-state index is 13.6. The summed E-state index contributed by atoms with van der Waals surface area (Å²) in [6, 6.07) is 20.6. The number of unbranched alkanes of at least 4 members (excludes halogenated alkanes) is 1. The van der Waals surface area contributed by atoms with E-state index in [0.29, 0.717) is 74.1 Å². The number of hydrogen-bond acceptors (Lipinski definition) is 11. The second-order valence-corrected chi connectivity index (χ2v) is 23.4. The molecule has 0 aliphatic heterocycles. The smallest absolute Gasteiger partial charge is 0.264 e. The van der Waals surface area contributed by atoms with Crippen molar-refractivity contribution in [2.45, 2.75) is 121 Å². The van der Waals surface area contributed by atoms with Crippen LogP contribution in [-0.4, -0.2) is 114 Å². The first-order valence-electron chi connectivity index (χ1n) is 26.9. The quantitative estimate of drug-likeness (QED) is 0.0178. The van der Waals surface area contributed by atoms with Crippen molar-refractivity contribution in [3.8, 4) is 0 Å². The van der Waals surface area contributed by atoms with Crippen LogP contribution < -0.4 is 47.5 Å². The number of guanidine groups is 2. The molecule has 2 atom stereocenters. The summed E-state index contributed by atoms with van der Waals surface area (Å²) < 4.78 is 57.5. The van der Waals surface area contributed by atoms with Crippen LogP contribution >= 0.6 is 0 Å². The normalized spacial score (nSPS) is 13.0. The van der Waals surface area contributed by atoms with Gasteiger partial charge in [0, 0.05) is 60.4 Å². The summed E-state index contributed by atoms with van der Waals surface area (Å²) in [5.74, 6) is -1.97. The molecule has 0 saturated heterocycles. The summed E-state index contributed by atoms with van der Waals surface area (Å²) in [6.07, 6.45) is 6.66. The number of carbonyl (C=O) groups is 4. The highest BCUT2D eigenvalue weighted by Crippen LogP contribution is 2.24. The molecule has 21 nitrogen and oxygen atoms in total. The highest BCUT2D eigenvalue weighted by Gasteiger charge is 2.25. The summed E-state index contributed by atoms with van der Waals surface area (Å²) in [7, 11) is -8.00. The third-order valence-corrected chi connectivity index (χ3v) is 16.7. The van der Waals surface area contributed by atoms with E-state index in [2.05, 4.69) is 56.0 Å². The van der Waals surface area contributed by atoms with Crippen molar-refractivity contribution >= 4 is 77.4 Å². The number of carbonyl (C=O) groups excluding carboxylic acids is 4. The topological polar surface area (TPSA) is 329 Å². The number of benzene rings is 4. The van der Waals surface area contributed by atoms with Crippen molar-refractivity contribution in [1.82, 2.24) is 46.0 Å². The van der Waals surface area contributed by atoms with Crippen LogP contribution in [0.25, 0.3) is 21.8 Å². The molecule has 430 valence electrons. The van der Waals surface area contributed by atoms with E-state index in [1.54, 1.807) is 64.4 Å². The van der Waals surface area contributed by atoms with Crippen molar-refractivity contribution in [2.24, 2.45) is 21.5 Å². The molecule has 0 bridgehead atoms. The number of para-hydroxylation sites is 2. The Morgan fingerprint density at radius 3 is 1.32 bits per heavy atom. The lowest BCUT2D eigenvalue weighted by molar-refractivity contribution is -0.128. The molecule has 80 heavy (non-hydrogen) atoms. The summed E-state index contributed by atoms with van der Waals surface area (Å²) in [6.45, 7) is 12.7. The van der Waals surface area contributed by atoms with Gasteiger partial charge in [0.05, 0.1) is 22.6 Å². The van der Waals surface area contributed by atoms with Gasteiger partial charge in [-0.2, -0.15) is 0 Å². The molecule has 0 fully saturated rings. The van der Waals surface area contributed by atoms with E-state index in [1.165, 1.54) is 0 Å². The maximum atomic E-state index is 13.6. The molecule has 0 radical (unpaired) electrons. The fraction of sp³-hybridized carbons (Fsp3) is 0.404. The number of hydrogen-bond donors (Lipinski definition) is 11. The van der Waals surface area contributed by atoms with Crippen LogP contribution in [-0.2, 0) is 52.1 Å². The Labute approximate surface area is 468 Å². The number of aliphatic imine (C=N–C) groups is 2. The lowest BCUT2D eigenvalue weighted by Crippen LogP contribution is -2.47. The van der Waals surface area contributed by atoms with Crippen LogP contribution in [0.3, 0.4) is 0 Å². The number of fused-ring (bicyclic) bond motifs is 2. The summed E-state index contributed by atoms with van der Waals surface area (Å²) in [5.41, 5.74) is 19.6. The van der Waals surface area contributed by atoms with E-state index in [9.17, 15) is 36.0 Å². The average Bonchev–Trinajstić information content (AvgIpc) is 4.05. The molecule has 4 aromatic carbocycles. The van der Waals surface area contributed by atoms with Crippen molar-refractivity contribution in [3.63, 3.8) is 0 Å². The number of nitrogens with zero attached hydrogens (tertiary/aromatic N) is 2. The van der Waals surface area contributed by atoms with Crippen LogP contribution in [0.4, 0.5) is 0 Å². The fourth-order valence-electron chi connectivity index (χ4n) is 9.93. The van der Waals surface area contributed by atoms with Crippen molar-refractivity contribution in [1.29, 1.82) is 0 Å². The van der Waals surface area contributed by atoms with Crippen LogP contribution in [0.2, 0.25) is 0 Å². The Hall–Kier alpha value is -7.76. The number of aromatic amines is 2. The first-order valence-corrected chi connectivity index (χ1v) is 29.8. The third kappa shape index (κ3) is 17.9. The molecular weight excluding hydrogens is 1060 g/mol. The van der Waals surface area contributed by atoms with Gasteiger partial charge in [0.25, 0.3) is 20.0 Å². The summed E-state index contributed by atoms with van der Waals surface area (Å²) in [4.78, 5) is 68.9. The molecule has 4 amide bonds. The minimum atomic E-state index is -4.00. The van der Waals surface area contributed by atoms with Gasteiger partial charge in [0.1, 0.15) is 12.1 Å². The second-order valence-electron chi connectivity index (χ2n) is 20.2. The number of H-pyrrole nitrogens is 2. The largest absolute Gasteiger partial charge is 0.369 e. The van der Waals surface area contributed by atoms with E-state index in [4.69, 9.17) is 11.5 Å². The zero-order valence-corrected chi connectivity index (χ0v) is 48.1. The number of amides is 4. The Kier molecular flexibility index (Phi) is 22.2. The Morgan fingerprint density at radius 1 is 0.525 bits per heavy atom. The van der Waals surface area contributed by atoms with Gasteiger partial charge in [-0.3, -0.25) is 29.2 Å². The number of aromatic nitrogens is 2. The van der Waals surface area contributed by atoms with Crippen LogP contribution in [0.5, 0.6) is 0 Å². The molecule has 0 saturated carbocycles. The number of nitrogens with two attached hydrogens (primary N) is 2. The monoisotopic (exact) mass is 1140 g/mol. The molecule has 2 aromatic heterocycles. The second kappa shape index (κ2) is 28.9. The molecule has 6 aromatic rings. The highest BCUT2D eigenvalue weighted by atomic mass is 32.2. The third-order valence-electron chi connectivity index (χ3n) is 13.4. The van der Waals surface area contributed by atoms with E-state index >= 15 is 0 Å². The van der Waals surface area contributed by atoms with Gasteiger partial charge in [0.2, 0.25) is 35.5 Å². The van der Waals surface area contributed by atoms with E-state index < -0.39 is 32.1 Å². The average molecular weight is 1140 g/mol. The number of sulfonamides is 2. The minimum absolute atomic E-state index is 0.0479. The van der Waals surface area contributed by atoms with Gasteiger partial charge in [0.15, 0.2) is 0 Å². The van der Waals surface area contributed by atoms with Crippen molar-refractivity contribution in [2.75, 3.05) is 39.3 Å². The van der Waals surface area contributed by atoms with Gasteiger partial charge in [-0.1, -0.05) is 71.8 Å². The molecule has 0 aliphatic rings. The standard InChI is InChI=1S/C57H77N13O8S2/c1-36-28-38(3)52(39(4)29-36)79(75,76)69-56(58)63-25-13-20-48(67-50(71)32-42-34-65-46-18-9-7-16-44(42)46)54(73)61-24-12-11-22-60-23-15-27-62-55(74)49(68-51(72)33-43-35-66-47-19-10-8-17-45(43)47)21-14-26-64-57(59)70-80(77,78)53-40(5)30-37(2)31-41(53)6/h7-10,16-19,28-31,34-35,48-49,60,65-66H,11-15,20-27,32-33H2,1-6H3,(H,61,73)(H,62,74)(H,67,71)(H,68,72)(H3,58,63,69)(H3,59,64,70)/t48-,49-/m1/s1. The zero-order valence-electron chi connectivity index (χ0n) is 46.5. The predicted octanol–water partition coefficient (Wildman–Crippen LogP) is 4.39. The molecule has 23 heteroatoms. The highest BCUT2D eigenvalue weighted by molar-refractivity contribution is 7.90. The van der Waals surface area contributed by atoms with E-state index in [-0.39, 0.29) is 84.1 Å². The van der Waals surface area contributed by atoms with E-state index in [0.717, 1.165) is 50.5 Å². The van der Waals surface area contributed by atoms with Crippen LogP contribution in [0.15, 0.2) is 105 Å². The molecule has 13 N–H and O–H groups in total. The Morgan fingerprint density at radius 2 is 0.900 bits per heavy atom. The van der Waals surface area contributed by atoms with E-state index in [1.807, 2.05) is 62.4 Å². The molecular formula is C57H77N13O8S2. The number of rotatable bonds is 29. The number of aryl methyl sites for hydroxylation is 6. The first kappa shape index (κ1) is 61.5. The Balaban J connectivity index is 0.943. The molecule has 0 unspecified atom stereocenters. The van der Waals surface area contributed by atoms with Gasteiger partial charge >= 0.3 is 0 Å². The molecule has 0 aliphatic carbocycles. The minimum Gasteiger partial charge on any atom is -0.369 e. The van der Waals surface area contributed by atoms with Gasteiger partial charge < -0.3 is 48.0 Å². The maximum Gasteiger partial charge on any atom is 0.264 e. The van der Waals surface area contributed by atoms with Crippen molar-refractivity contribution < 1.29 is 36.0 Å². The van der Waals surface area contributed by atoms with Gasteiger partial charge in [-0.05, 0) is 145 Å². The predicted molar refractivity (Wildman–Crippen MR) is 314 cm³/mol. The van der Waals surface area contributed by atoms with Crippen LogP contribution in [0.1, 0.15) is 89.5 Å². The van der Waals surface area contributed by atoms with Crippen LogP contribution in [0, 0.1) is 41.5 Å². The lowest BCUT2D eigenvalue weighted by atomic mass is 10.1. The summed E-state index contributed by atoms with van der Waals surface area (Å²) in [5, 5.41) is 16.8. The Bertz CT molecular complexity index is 3170. The fourth-order valence-corrected chi connectivity index (χ4v) is 12.7. The molecule has 0 spiro atoms. The van der Waals surface area contributed by atoms with Gasteiger partial charge in [-0.15, -0.1) is 0 Å². The lowest BCUT2D eigenvalue weighted by Gasteiger charge is -2.19.